The van der Waals surface area contributed by atoms with Crippen molar-refractivity contribution in [3.63, 3.8) is 0 Å². The fourth-order valence-corrected chi connectivity index (χ4v) is 4.33. The van der Waals surface area contributed by atoms with Gasteiger partial charge in [0.25, 0.3) is 0 Å². The lowest BCUT2D eigenvalue weighted by Crippen LogP contribution is -2.54. The molecule has 2 aromatic carbocycles. The Kier molecular flexibility index (Phi) is 8.45. The van der Waals surface area contributed by atoms with Gasteiger partial charge in [0.05, 0.1) is 24.8 Å². The van der Waals surface area contributed by atoms with E-state index in [0.717, 1.165) is 37.3 Å². The molecule has 1 aliphatic heterocycles. The topological polar surface area (TPSA) is 101 Å². The molecule has 36 heavy (non-hydrogen) atoms. The summed E-state index contributed by atoms with van der Waals surface area (Å²) >= 11 is 0. The Hall–Kier alpha value is -3.56. The number of carbonyl (C=O) groups is 2. The van der Waals surface area contributed by atoms with Crippen LogP contribution in [-0.2, 0) is 22.5 Å². The van der Waals surface area contributed by atoms with Crippen LogP contribution in [0.15, 0.2) is 59.1 Å². The van der Waals surface area contributed by atoms with E-state index in [2.05, 4.69) is 44.3 Å². The molecule has 0 saturated carbocycles. The van der Waals surface area contributed by atoms with Crippen LogP contribution in [0.3, 0.4) is 0 Å². The zero-order valence-electron chi connectivity index (χ0n) is 21.0. The molecular weight excluding hydrogens is 458 g/mol. The Balaban J connectivity index is 1.23. The zero-order valence-corrected chi connectivity index (χ0v) is 21.0. The molecule has 9 nitrogen and oxygen atoms in total. The summed E-state index contributed by atoms with van der Waals surface area (Å²) in [6.07, 6.45) is 0.646. The lowest BCUT2D eigenvalue weighted by molar-refractivity contribution is -0.126. The summed E-state index contributed by atoms with van der Waals surface area (Å²) in [6.45, 7) is 7.59. The van der Waals surface area contributed by atoms with E-state index in [0.29, 0.717) is 30.2 Å². The molecule has 2 atom stereocenters. The quantitative estimate of drug-likeness (QED) is 0.456. The van der Waals surface area contributed by atoms with Gasteiger partial charge in [-0.2, -0.15) is 4.98 Å². The van der Waals surface area contributed by atoms with Crippen LogP contribution in [-0.4, -0.2) is 71.1 Å². The van der Waals surface area contributed by atoms with Gasteiger partial charge in [0.15, 0.2) is 5.82 Å². The fraction of sp³-hybridized carbons (Fsp3) is 0.407. The number of piperazine rings is 1. The molecule has 0 aliphatic carbocycles. The molecule has 2 heterocycles. The maximum Gasteiger partial charge on any atom is 0.337 e. The number of methoxy groups -OCH3 is 1. The summed E-state index contributed by atoms with van der Waals surface area (Å²) in [6, 6.07) is 16.9. The van der Waals surface area contributed by atoms with Gasteiger partial charge >= 0.3 is 5.97 Å². The first-order valence-corrected chi connectivity index (χ1v) is 12.2. The maximum atomic E-state index is 12.8. The number of rotatable bonds is 9. The predicted octanol–water partition coefficient (Wildman–Crippen LogP) is 2.83. The molecule has 1 aromatic heterocycles. The Morgan fingerprint density at radius 3 is 2.31 bits per heavy atom. The van der Waals surface area contributed by atoms with Gasteiger partial charge in [-0.1, -0.05) is 47.6 Å². The van der Waals surface area contributed by atoms with Gasteiger partial charge in [0.2, 0.25) is 11.8 Å². The highest BCUT2D eigenvalue weighted by molar-refractivity contribution is 5.89. The molecule has 3 aromatic rings. The average Bonchev–Trinajstić information content (AvgIpc) is 3.39. The highest BCUT2D eigenvalue weighted by Gasteiger charge is 2.29. The molecule has 0 radical (unpaired) electrons. The fourth-order valence-electron chi connectivity index (χ4n) is 4.33. The number of hydrogen-bond acceptors (Lipinski definition) is 8. The molecule has 0 bridgehead atoms. The van der Waals surface area contributed by atoms with Gasteiger partial charge in [0.1, 0.15) is 0 Å². The smallest absolute Gasteiger partial charge is 0.337 e. The SMILES string of the molecule is COC(=O)c1ccc(CNC(=O)[C@@H](C)N2CCN([C@@H](C)c3nc(Cc4ccccc4)no3)CC2)cc1. The molecule has 0 spiro atoms. The lowest BCUT2D eigenvalue weighted by Gasteiger charge is -2.39. The molecule has 1 saturated heterocycles. The van der Waals surface area contributed by atoms with Crippen molar-refractivity contribution < 1.29 is 18.8 Å². The average molecular weight is 492 g/mol. The van der Waals surface area contributed by atoms with Crippen molar-refractivity contribution in [1.82, 2.24) is 25.3 Å². The minimum atomic E-state index is -0.376. The summed E-state index contributed by atoms with van der Waals surface area (Å²) in [5.41, 5.74) is 2.56. The monoisotopic (exact) mass is 491 g/mol. The second-order valence-corrected chi connectivity index (χ2v) is 9.04. The molecular formula is C27H33N5O4. The predicted molar refractivity (Wildman–Crippen MR) is 134 cm³/mol. The number of benzene rings is 2. The molecule has 1 aliphatic rings. The highest BCUT2D eigenvalue weighted by Crippen LogP contribution is 2.21. The molecule has 1 N–H and O–H groups in total. The van der Waals surface area contributed by atoms with Crippen LogP contribution in [0.5, 0.6) is 0 Å². The van der Waals surface area contributed by atoms with Crippen molar-refractivity contribution in [3.05, 3.63) is 83.0 Å². The largest absolute Gasteiger partial charge is 0.465 e. The van der Waals surface area contributed by atoms with Crippen molar-refractivity contribution in [2.75, 3.05) is 33.3 Å². The summed E-state index contributed by atoms with van der Waals surface area (Å²) < 4.78 is 10.3. The van der Waals surface area contributed by atoms with Crippen LogP contribution in [0.1, 0.15) is 53.1 Å². The summed E-state index contributed by atoms with van der Waals surface area (Å²) in [5, 5.41) is 7.16. The van der Waals surface area contributed by atoms with Gasteiger partial charge in [-0.15, -0.1) is 0 Å². The van der Waals surface area contributed by atoms with Crippen molar-refractivity contribution >= 4 is 11.9 Å². The van der Waals surface area contributed by atoms with Crippen molar-refractivity contribution in [2.45, 2.75) is 38.9 Å². The van der Waals surface area contributed by atoms with E-state index in [1.165, 1.54) is 7.11 Å². The second kappa shape index (κ2) is 11.9. The van der Waals surface area contributed by atoms with Crippen LogP contribution in [0, 0.1) is 0 Å². The normalized spacial score (nSPS) is 16.3. The van der Waals surface area contributed by atoms with E-state index >= 15 is 0 Å². The van der Waals surface area contributed by atoms with Gasteiger partial charge in [0, 0.05) is 39.1 Å². The second-order valence-electron chi connectivity index (χ2n) is 9.04. The van der Waals surface area contributed by atoms with E-state index in [9.17, 15) is 9.59 Å². The first kappa shape index (κ1) is 25.5. The first-order valence-electron chi connectivity index (χ1n) is 12.2. The van der Waals surface area contributed by atoms with Gasteiger partial charge in [-0.25, -0.2) is 4.79 Å². The van der Waals surface area contributed by atoms with Crippen LogP contribution in [0.4, 0.5) is 0 Å². The zero-order chi connectivity index (χ0) is 25.5. The Bertz CT molecular complexity index is 1140. The number of carbonyl (C=O) groups excluding carboxylic acids is 2. The molecule has 4 rings (SSSR count). The van der Waals surface area contributed by atoms with Crippen LogP contribution < -0.4 is 5.32 Å². The first-order chi connectivity index (χ1) is 17.4. The number of esters is 1. The van der Waals surface area contributed by atoms with E-state index in [-0.39, 0.29) is 24.0 Å². The van der Waals surface area contributed by atoms with E-state index < -0.39 is 0 Å². The molecule has 9 heteroatoms. The van der Waals surface area contributed by atoms with Crippen molar-refractivity contribution in [2.24, 2.45) is 0 Å². The molecule has 190 valence electrons. The number of ether oxygens (including phenoxy) is 1. The number of hydrogen-bond donors (Lipinski definition) is 1. The number of aromatic nitrogens is 2. The van der Waals surface area contributed by atoms with E-state index in [4.69, 9.17) is 9.26 Å². The third kappa shape index (κ3) is 6.35. The third-order valence-electron chi connectivity index (χ3n) is 6.71. The minimum Gasteiger partial charge on any atom is -0.465 e. The standard InChI is InChI=1S/C27H33N5O4/c1-19(25(33)28-18-22-9-11-23(12-10-22)27(34)35-3)31-13-15-32(16-14-31)20(2)26-29-24(30-36-26)17-21-7-5-4-6-8-21/h4-12,19-20H,13-18H2,1-3H3,(H,28,33)/t19-,20+/m1/s1. The molecule has 0 unspecified atom stereocenters. The van der Waals surface area contributed by atoms with Gasteiger partial charge in [-0.05, 0) is 37.1 Å². The lowest BCUT2D eigenvalue weighted by atomic mass is 10.1. The third-order valence-corrected chi connectivity index (χ3v) is 6.71. The maximum absolute atomic E-state index is 12.8. The van der Waals surface area contributed by atoms with Crippen LogP contribution in [0.2, 0.25) is 0 Å². The van der Waals surface area contributed by atoms with Crippen molar-refractivity contribution in [3.8, 4) is 0 Å². The summed E-state index contributed by atoms with van der Waals surface area (Å²) in [4.78, 5) is 33.4. The van der Waals surface area contributed by atoms with Crippen molar-refractivity contribution in [1.29, 1.82) is 0 Å². The Labute approximate surface area is 211 Å². The summed E-state index contributed by atoms with van der Waals surface area (Å²) in [7, 11) is 1.35. The number of nitrogens with one attached hydrogen (secondary N) is 1. The Morgan fingerprint density at radius 1 is 0.972 bits per heavy atom. The van der Waals surface area contributed by atoms with Gasteiger partial charge < -0.3 is 14.6 Å². The summed E-state index contributed by atoms with van der Waals surface area (Å²) in [5.74, 6) is 0.917. The van der Waals surface area contributed by atoms with Gasteiger partial charge in [-0.3, -0.25) is 14.6 Å². The Morgan fingerprint density at radius 2 is 1.64 bits per heavy atom. The van der Waals surface area contributed by atoms with Crippen LogP contribution in [0.25, 0.3) is 0 Å². The van der Waals surface area contributed by atoms with Crippen LogP contribution >= 0.6 is 0 Å². The molecule has 1 fully saturated rings. The number of amides is 1. The highest BCUT2D eigenvalue weighted by atomic mass is 16.5. The minimum absolute atomic E-state index is 0.0151. The number of nitrogens with zero attached hydrogens (tertiary/aromatic N) is 4. The van der Waals surface area contributed by atoms with E-state index in [1.807, 2.05) is 37.3 Å². The van der Waals surface area contributed by atoms with E-state index in [1.54, 1.807) is 12.1 Å². The molecule has 1 amide bonds.